The van der Waals surface area contributed by atoms with Crippen molar-refractivity contribution < 1.29 is 4.79 Å². The number of nitrogens with one attached hydrogen (secondary N) is 1. The number of nitrogens with zero attached hydrogens (tertiary/aromatic N) is 3. The van der Waals surface area contributed by atoms with Gasteiger partial charge < -0.3 is 5.32 Å². The Morgan fingerprint density at radius 1 is 1.18 bits per heavy atom. The lowest BCUT2D eigenvalue weighted by molar-refractivity contribution is -0.113. The summed E-state index contributed by atoms with van der Waals surface area (Å²) in [5.74, 6) is 0.194. The number of aromatic nitrogens is 3. The number of benzene rings is 2. The number of thioether (sulfide) groups is 1. The van der Waals surface area contributed by atoms with Crippen LogP contribution in [0.25, 0.3) is 16.8 Å². The Balaban J connectivity index is 1.50. The molecule has 0 saturated carbocycles. The summed E-state index contributed by atoms with van der Waals surface area (Å²) < 4.78 is 1.78. The van der Waals surface area contributed by atoms with Crippen LogP contribution in [0.3, 0.4) is 0 Å². The third-order valence-corrected chi connectivity index (χ3v) is 5.38. The molecule has 0 fully saturated rings. The number of carbonyl (C=O) groups is 1. The Hall–Kier alpha value is -2.83. The number of hydrogen-bond donors (Lipinski definition) is 1. The molecule has 0 radical (unpaired) electrons. The van der Waals surface area contributed by atoms with Gasteiger partial charge in [0.25, 0.3) is 0 Å². The van der Waals surface area contributed by atoms with Gasteiger partial charge in [-0.05, 0) is 42.8 Å². The van der Waals surface area contributed by atoms with E-state index in [0.717, 1.165) is 33.1 Å². The van der Waals surface area contributed by atoms with Gasteiger partial charge >= 0.3 is 0 Å². The molecule has 2 aromatic carbocycles. The Labute approximate surface area is 171 Å². The summed E-state index contributed by atoms with van der Waals surface area (Å²) in [6.45, 7) is 1.99. The van der Waals surface area contributed by atoms with Crippen LogP contribution in [-0.4, -0.2) is 26.3 Å². The molecule has 0 saturated heterocycles. The zero-order valence-corrected chi connectivity index (χ0v) is 16.7. The van der Waals surface area contributed by atoms with Gasteiger partial charge in [-0.15, -0.1) is 0 Å². The van der Waals surface area contributed by atoms with Gasteiger partial charge in [-0.25, -0.2) is 9.50 Å². The highest BCUT2D eigenvalue weighted by Crippen LogP contribution is 2.26. The van der Waals surface area contributed by atoms with Crippen LogP contribution in [-0.2, 0) is 4.79 Å². The van der Waals surface area contributed by atoms with E-state index in [1.54, 1.807) is 16.9 Å². The molecule has 0 bridgehead atoms. The number of anilines is 1. The summed E-state index contributed by atoms with van der Waals surface area (Å²) in [6, 6.07) is 17.2. The topological polar surface area (TPSA) is 59.3 Å². The Morgan fingerprint density at radius 3 is 2.79 bits per heavy atom. The predicted octanol–water partition coefficient (Wildman–Crippen LogP) is 5.09. The van der Waals surface area contributed by atoms with Crippen molar-refractivity contribution in [1.29, 1.82) is 0 Å². The van der Waals surface area contributed by atoms with Crippen molar-refractivity contribution in [1.82, 2.24) is 14.6 Å². The number of hydrogen-bond acceptors (Lipinski definition) is 4. The number of fused-ring (bicyclic) bond motifs is 1. The molecule has 7 heteroatoms. The lowest BCUT2D eigenvalue weighted by Crippen LogP contribution is -2.14. The minimum absolute atomic E-state index is 0.0724. The van der Waals surface area contributed by atoms with Gasteiger partial charge in [0.15, 0.2) is 0 Å². The minimum Gasteiger partial charge on any atom is -0.325 e. The summed E-state index contributed by atoms with van der Waals surface area (Å²) in [6.07, 6.45) is 3.48. The zero-order valence-electron chi connectivity index (χ0n) is 15.1. The van der Waals surface area contributed by atoms with Crippen LogP contribution in [0.1, 0.15) is 5.56 Å². The first-order chi connectivity index (χ1) is 13.6. The van der Waals surface area contributed by atoms with E-state index in [-0.39, 0.29) is 11.7 Å². The molecule has 0 spiro atoms. The van der Waals surface area contributed by atoms with E-state index in [1.807, 2.05) is 61.5 Å². The summed E-state index contributed by atoms with van der Waals surface area (Å²) in [4.78, 5) is 16.7. The average molecular weight is 409 g/mol. The largest absolute Gasteiger partial charge is 0.325 e. The molecule has 0 atom stereocenters. The predicted molar refractivity (Wildman–Crippen MR) is 114 cm³/mol. The van der Waals surface area contributed by atoms with Crippen LogP contribution in [0.4, 0.5) is 5.69 Å². The molecule has 5 nitrogen and oxygen atoms in total. The molecule has 4 aromatic rings. The summed E-state index contributed by atoms with van der Waals surface area (Å²) in [5.41, 5.74) is 4.56. The molecule has 0 aliphatic carbocycles. The van der Waals surface area contributed by atoms with E-state index in [0.29, 0.717) is 5.02 Å². The molecular formula is C21H17ClN4OS. The first kappa shape index (κ1) is 18.5. The van der Waals surface area contributed by atoms with Crippen molar-refractivity contribution in [3.63, 3.8) is 0 Å². The van der Waals surface area contributed by atoms with Gasteiger partial charge in [-0.2, -0.15) is 5.10 Å². The average Bonchev–Trinajstić information content (AvgIpc) is 3.12. The monoisotopic (exact) mass is 408 g/mol. The SMILES string of the molecule is Cc1cccc(NC(=O)CSc2nccn3nc(-c4ccc(Cl)cc4)cc23)c1. The molecule has 4 rings (SSSR count). The minimum atomic E-state index is -0.0724. The second-order valence-electron chi connectivity index (χ2n) is 6.31. The Bertz CT molecular complexity index is 1140. The molecule has 0 aliphatic heterocycles. The quantitative estimate of drug-likeness (QED) is 0.467. The normalized spacial score (nSPS) is 10.9. The Morgan fingerprint density at radius 2 is 2.00 bits per heavy atom. The van der Waals surface area contributed by atoms with Crippen molar-refractivity contribution in [2.45, 2.75) is 11.9 Å². The van der Waals surface area contributed by atoms with Crippen LogP contribution >= 0.6 is 23.4 Å². The van der Waals surface area contributed by atoms with Gasteiger partial charge in [-0.3, -0.25) is 4.79 Å². The molecule has 28 heavy (non-hydrogen) atoms. The lowest BCUT2D eigenvalue weighted by Gasteiger charge is -2.06. The first-order valence-corrected chi connectivity index (χ1v) is 10.0. The van der Waals surface area contributed by atoms with Crippen molar-refractivity contribution in [2.24, 2.45) is 0 Å². The van der Waals surface area contributed by atoms with Crippen LogP contribution in [0, 0.1) is 6.92 Å². The van der Waals surface area contributed by atoms with Crippen molar-refractivity contribution >= 4 is 40.5 Å². The second-order valence-corrected chi connectivity index (χ2v) is 7.71. The molecule has 2 heterocycles. The fourth-order valence-corrected chi connectivity index (χ4v) is 3.73. The third kappa shape index (κ3) is 4.18. The fourth-order valence-electron chi connectivity index (χ4n) is 2.82. The summed E-state index contributed by atoms with van der Waals surface area (Å²) in [5, 5.41) is 8.96. The van der Waals surface area contributed by atoms with Gasteiger partial charge in [-0.1, -0.05) is 47.6 Å². The second kappa shape index (κ2) is 8.04. The molecule has 2 aromatic heterocycles. The molecule has 1 amide bonds. The van der Waals surface area contributed by atoms with Crippen LogP contribution in [0.5, 0.6) is 0 Å². The highest BCUT2D eigenvalue weighted by atomic mass is 35.5. The van der Waals surface area contributed by atoms with Crippen molar-refractivity contribution in [3.8, 4) is 11.3 Å². The van der Waals surface area contributed by atoms with Gasteiger partial charge in [0, 0.05) is 28.7 Å². The number of amides is 1. The lowest BCUT2D eigenvalue weighted by atomic mass is 10.1. The molecule has 1 N–H and O–H groups in total. The maximum absolute atomic E-state index is 12.3. The highest BCUT2D eigenvalue weighted by molar-refractivity contribution is 8.00. The van der Waals surface area contributed by atoms with E-state index in [9.17, 15) is 4.79 Å². The standard InChI is InChI=1S/C21H17ClN4OS/c1-14-3-2-4-17(11-14)24-20(27)13-28-21-19-12-18(25-26(19)10-9-23-21)15-5-7-16(22)8-6-15/h2-12H,13H2,1H3,(H,24,27). The van der Waals surface area contributed by atoms with Crippen molar-refractivity contribution in [2.75, 3.05) is 11.1 Å². The van der Waals surface area contributed by atoms with E-state index in [1.165, 1.54) is 11.8 Å². The Kier molecular flexibility index (Phi) is 5.32. The molecule has 0 unspecified atom stereocenters. The number of carbonyl (C=O) groups excluding carboxylic acids is 1. The fraction of sp³-hybridized carbons (Fsp3) is 0.0952. The number of aryl methyl sites for hydroxylation is 1. The molecular weight excluding hydrogens is 392 g/mol. The van der Waals surface area contributed by atoms with E-state index in [4.69, 9.17) is 11.6 Å². The number of halogens is 1. The van der Waals surface area contributed by atoms with Gasteiger partial charge in [0.1, 0.15) is 5.03 Å². The zero-order chi connectivity index (χ0) is 19.5. The smallest absolute Gasteiger partial charge is 0.234 e. The van der Waals surface area contributed by atoms with Gasteiger partial charge in [0.2, 0.25) is 5.91 Å². The maximum atomic E-state index is 12.3. The van der Waals surface area contributed by atoms with E-state index in [2.05, 4.69) is 15.4 Å². The summed E-state index contributed by atoms with van der Waals surface area (Å²) in [7, 11) is 0. The van der Waals surface area contributed by atoms with E-state index < -0.39 is 0 Å². The van der Waals surface area contributed by atoms with Crippen molar-refractivity contribution in [3.05, 3.63) is 77.6 Å². The number of rotatable bonds is 5. The highest BCUT2D eigenvalue weighted by Gasteiger charge is 2.11. The molecule has 140 valence electrons. The van der Waals surface area contributed by atoms with Crippen LogP contribution in [0.15, 0.2) is 72.0 Å². The summed E-state index contributed by atoms with van der Waals surface area (Å²) >= 11 is 7.35. The third-order valence-electron chi connectivity index (χ3n) is 4.14. The van der Waals surface area contributed by atoms with Crippen LogP contribution < -0.4 is 5.32 Å². The van der Waals surface area contributed by atoms with Gasteiger partial charge in [0.05, 0.1) is 17.0 Å². The maximum Gasteiger partial charge on any atom is 0.234 e. The van der Waals surface area contributed by atoms with E-state index >= 15 is 0 Å². The van der Waals surface area contributed by atoms with Crippen LogP contribution in [0.2, 0.25) is 5.02 Å². The first-order valence-electron chi connectivity index (χ1n) is 8.68. The molecule has 0 aliphatic rings.